The summed E-state index contributed by atoms with van der Waals surface area (Å²) in [4.78, 5) is 22.6. The molecule has 2 N–H and O–H groups in total. The molecular weight excluding hydrogens is 242 g/mol. The fourth-order valence-corrected chi connectivity index (χ4v) is 1.68. The second-order valence-corrected chi connectivity index (χ2v) is 4.20. The molecule has 17 heavy (non-hydrogen) atoms. The Labute approximate surface area is 104 Å². The summed E-state index contributed by atoms with van der Waals surface area (Å²) in [5.74, 6) is -0.223. The lowest BCUT2D eigenvalue weighted by atomic mass is 10.3. The molecule has 1 aliphatic heterocycles. The van der Waals surface area contributed by atoms with E-state index in [1.165, 1.54) is 0 Å². The summed E-state index contributed by atoms with van der Waals surface area (Å²) in [7, 11) is 0. The predicted molar refractivity (Wildman–Crippen MR) is 64.4 cm³/mol. The van der Waals surface area contributed by atoms with Crippen molar-refractivity contribution in [3.8, 4) is 0 Å². The van der Waals surface area contributed by atoms with Gasteiger partial charge in [0.25, 0.3) is 0 Å². The molecule has 0 atom stereocenters. The smallest absolute Gasteiger partial charge is 0.240 e. The van der Waals surface area contributed by atoms with Crippen molar-refractivity contribution in [2.24, 2.45) is 0 Å². The zero-order chi connectivity index (χ0) is 12.3. The van der Waals surface area contributed by atoms with E-state index in [1.54, 1.807) is 29.3 Å². The van der Waals surface area contributed by atoms with Gasteiger partial charge in [0.15, 0.2) is 0 Å². The third-order valence-electron chi connectivity index (χ3n) is 2.35. The average Bonchev–Trinajstić information content (AvgIpc) is 2.67. The fraction of sp³-hybridized carbons (Fsp3) is 0.273. The van der Waals surface area contributed by atoms with Gasteiger partial charge in [0.05, 0.1) is 6.54 Å². The van der Waals surface area contributed by atoms with E-state index in [4.69, 9.17) is 11.6 Å². The SMILES string of the molecule is O=C(CN1CCC(=O)N1)Nc1ccc(Cl)cc1. The van der Waals surface area contributed by atoms with Crippen LogP contribution in [0, 0.1) is 0 Å². The van der Waals surface area contributed by atoms with E-state index in [9.17, 15) is 9.59 Å². The summed E-state index contributed by atoms with van der Waals surface area (Å²) in [6.07, 6.45) is 0.439. The van der Waals surface area contributed by atoms with E-state index < -0.39 is 0 Å². The van der Waals surface area contributed by atoms with Gasteiger partial charge in [-0.3, -0.25) is 15.0 Å². The highest BCUT2D eigenvalue weighted by Gasteiger charge is 2.20. The van der Waals surface area contributed by atoms with Gasteiger partial charge < -0.3 is 5.32 Å². The molecule has 1 saturated heterocycles. The van der Waals surface area contributed by atoms with E-state index in [-0.39, 0.29) is 18.4 Å². The van der Waals surface area contributed by atoms with Gasteiger partial charge in [-0.15, -0.1) is 0 Å². The number of anilines is 1. The number of benzene rings is 1. The van der Waals surface area contributed by atoms with Crippen LogP contribution in [0.15, 0.2) is 24.3 Å². The van der Waals surface area contributed by atoms with E-state index in [2.05, 4.69) is 10.7 Å². The predicted octanol–water partition coefficient (Wildman–Crippen LogP) is 1.02. The van der Waals surface area contributed by atoms with Crippen molar-refractivity contribution in [2.75, 3.05) is 18.4 Å². The molecule has 0 spiro atoms. The normalized spacial score (nSPS) is 15.7. The molecule has 0 radical (unpaired) electrons. The number of nitrogens with zero attached hydrogens (tertiary/aromatic N) is 1. The van der Waals surface area contributed by atoms with E-state index >= 15 is 0 Å². The third kappa shape index (κ3) is 3.44. The van der Waals surface area contributed by atoms with E-state index in [1.807, 2.05) is 0 Å². The van der Waals surface area contributed by atoms with Crippen LogP contribution in [0.1, 0.15) is 6.42 Å². The first-order chi connectivity index (χ1) is 8.13. The number of hydrogen-bond acceptors (Lipinski definition) is 3. The van der Waals surface area contributed by atoms with E-state index in [0.717, 1.165) is 0 Å². The number of hydrogen-bond donors (Lipinski definition) is 2. The van der Waals surface area contributed by atoms with Crippen molar-refractivity contribution >= 4 is 29.1 Å². The first kappa shape index (κ1) is 11.9. The lowest BCUT2D eigenvalue weighted by Gasteiger charge is -2.14. The highest BCUT2D eigenvalue weighted by atomic mass is 35.5. The Morgan fingerprint density at radius 2 is 2.12 bits per heavy atom. The van der Waals surface area contributed by atoms with Crippen LogP contribution >= 0.6 is 11.6 Å². The molecule has 1 aliphatic rings. The Morgan fingerprint density at radius 3 is 2.71 bits per heavy atom. The lowest BCUT2D eigenvalue weighted by molar-refractivity contribution is -0.122. The highest BCUT2D eigenvalue weighted by Crippen LogP contribution is 2.13. The second-order valence-electron chi connectivity index (χ2n) is 3.76. The standard InChI is InChI=1S/C11H12ClN3O2/c12-8-1-3-9(4-2-8)13-11(17)7-15-6-5-10(16)14-15/h1-4H,5-7H2,(H,13,17)(H,14,16). The Kier molecular flexibility index (Phi) is 3.61. The minimum absolute atomic E-state index is 0.0516. The molecule has 0 unspecified atom stereocenters. The van der Waals surface area contributed by atoms with Gasteiger partial charge in [-0.05, 0) is 24.3 Å². The van der Waals surface area contributed by atoms with Crippen LogP contribution in [0.4, 0.5) is 5.69 Å². The molecular formula is C11H12ClN3O2. The van der Waals surface area contributed by atoms with Crippen LogP contribution in [0.2, 0.25) is 5.02 Å². The molecule has 0 saturated carbocycles. The van der Waals surface area contributed by atoms with Crippen molar-refractivity contribution in [1.29, 1.82) is 0 Å². The number of hydrazine groups is 1. The quantitative estimate of drug-likeness (QED) is 0.845. The minimum atomic E-state index is -0.172. The molecule has 0 aliphatic carbocycles. The molecule has 2 amide bonds. The maximum absolute atomic E-state index is 11.6. The fourth-order valence-electron chi connectivity index (χ4n) is 1.55. The highest BCUT2D eigenvalue weighted by molar-refractivity contribution is 6.30. The van der Waals surface area contributed by atoms with Gasteiger partial charge in [-0.1, -0.05) is 11.6 Å². The summed E-state index contributed by atoms with van der Waals surface area (Å²) < 4.78 is 0. The maximum Gasteiger partial charge on any atom is 0.240 e. The van der Waals surface area contributed by atoms with Gasteiger partial charge in [0.1, 0.15) is 0 Å². The number of carbonyl (C=O) groups excluding carboxylic acids is 2. The second kappa shape index (κ2) is 5.16. The summed E-state index contributed by atoms with van der Waals surface area (Å²) in [5, 5.41) is 4.93. The topological polar surface area (TPSA) is 61.4 Å². The Balaban J connectivity index is 1.85. The molecule has 1 aromatic rings. The van der Waals surface area contributed by atoms with Crippen molar-refractivity contribution in [2.45, 2.75) is 6.42 Å². The van der Waals surface area contributed by atoms with Crippen molar-refractivity contribution in [1.82, 2.24) is 10.4 Å². The molecule has 0 aromatic heterocycles. The summed E-state index contributed by atoms with van der Waals surface area (Å²) in [6.45, 7) is 0.710. The minimum Gasteiger partial charge on any atom is -0.325 e. The van der Waals surface area contributed by atoms with Gasteiger partial charge in [-0.2, -0.15) is 0 Å². The zero-order valence-electron chi connectivity index (χ0n) is 9.07. The largest absolute Gasteiger partial charge is 0.325 e. The molecule has 2 rings (SSSR count). The van der Waals surface area contributed by atoms with Crippen LogP contribution < -0.4 is 10.7 Å². The summed E-state index contributed by atoms with van der Waals surface area (Å²) >= 11 is 5.73. The number of amides is 2. The number of halogens is 1. The molecule has 0 bridgehead atoms. The van der Waals surface area contributed by atoms with Crippen molar-refractivity contribution in [3.05, 3.63) is 29.3 Å². The van der Waals surface area contributed by atoms with Crippen LogP contribution in [0.25, 0.3) is 0 Å². The van der Waals surface area contributed by atoms with Gasteiger partial charge in [0, 0.05) is 23.7 Å². The van der Waals surface area contributed by atoms with Crippen molar-refractivity contribution in [3.63, 3.8) is 0 Å². The lowest BCUT2D eigenvalue weighted by Crippen LogP contribution is -2.39. The number of rotatable bonds is 3. The monoisotopic (exact) mass is 253 g/mol. The molecule has 90 valence electrons. The number of nitrogens with one attached hydrogen (secondary N) is 2. The van der Waals surface area contributed by atoms with Crippen molar-refractivity contribution < 1.29 is 9.59 Å². The Bertz CT molecular complexity index is 433. The first-order valence-corrected chi connectivity index (χ1v) is 5.61. The van der Waals surface area contributed by atoms with Gasteiger partial charge in [0.2, 0.25) is 11.8 Å². The van der Waals surface area contributed by atoms with E-state index in [0.29, 0.717) is 23.7 Å². The Hall–Kier alpha value is -1.59. The van der Waals surface area contributed by atoms with Gasteiger partial charge in [-0.25, -0.2) is 5.01 Å². The first-order valence-electron chi connectivity index (χ1n) is 5.23. The van der Waals surface area contributed by atoms with Crippen LogP contribution in [0.5, 0.6) is 0 Å². The molecule has 1 fully saturated rings. The third-order valence-corrected chi connectivity index (χ3v) is 2.61. The molecule has 5 nitrogen and oxygen atoms in total. The summed E-state index contributed by atoms with van der Waals surface area (Å²) in [5.41, 5.74) is 3.28. The molecule has 1 heterocycles. The van der Waals surface area contributed by atoms with Crippen LogP contribution in [-0.2, 0) is 9.59 Å². The van der Waals surface area contributed by atoms with Crippen LogP contribution in [-0.4, -0.2) is 29.9 Å². The van der Waals surface area contributed by atoms with Crippen LogP contribution in [0.3, 0.4) is 0 Å². The molecule has 1 aromatic carbocycles. The van der Waals surface area contributed by atoms with Gasteiger partial charge >= 0.3 is 0 Å². The number of carbonyl (C=O) groups is 2. The zero-order valence-corrected chi connectivity index (χ0v) is 9.83. The maximum atomic E-state index is 11.6. The molecule has 6 heteroatoms. The summed E-state index contributed by atoms with van der Waals surface area (Å²) in [6, 6.07) is 6.86. The average molecular weight is 254 g/mol. The Morgan fingerprint density at radius 1 is 1.41 bits per heavy atom.